The molecule has 0 amide bonds. The molecule has 460 valence electrons. The molecule has 84 heavy (non-hydrogen) atoms. The standard InChI is InChI=1S/2C30H40F3N3O4SSi/c2*1-6-22(7-2)18-28(35-36-34)27-20-24(40-41(37,38)30(31,32)33)19-23(27)21-39-42(29(3,4)5,25-14-10-8-11-15-25)26-16-12-9-13-17-26/h8-17,20,22-23,27-28H,6-7,18-19,21H2,1-5H3;8-17,19,22-23,27-28H,6-7,18,20-21H2,1-5H3/t2*23-,27+,28-/m00/s1. The second-order valence-electron chi connectivity index (χ2n) is 23.6. The van der Waals surface area contributed by atoms with Gasteiger partial charge < -0.3 is 17.2 Å². The van der Waals surface area contributed by atoms with Crippen molar-refractivity contribution >= 4 is 57.6 Å². The highest BCUT2D eigenvalue weighted by Crippen LogP contribution is 2.45. The molecule has 24 heteroatoms. The van der Waals surface area contributed by atoms with Crippen LogP contribution in [0, 0.1) is 35.5 Å². The zero-order valence-corrected chi connectivity index (χ0v) is 53.1. The minimum atomic E-state index is -5.85. The van der Waals surface area contributed by atoms with Crippen LogP contribution in [0.15, 0.2) is 155 Å². The topological polar surface area (TPSA) is 203 Å². The van der Waals surface area contributed by atoms with Gasteiger partial charge in [0.25, 0.3) is 16.6 Å². The molecule has 6 atom stereocenters. The van der Waals surface area contributed by atoms with Crippen molar-refractivity contribution in [1.82, 2.24) is 0 Å². The third kappa shape index (κ3) is 16.5. The van der Waals surface area contributed by atoms with Gasteiger partial charge in [-0.2, -0.15) is 43.2 Å². The monoisotopic (exact) mass is 1250 g/mol. The molecular weight excluding hydrogens is 1170 g/mol. The summed E-state index contributed by atoms with van der Waals surface area (Å²) in [6.45, 7) is 21.0. The maximum Gasteiger partial charge on any atom is 0.534 e. The van der Waals surface area contributed by atoms with Gasteiger partial charge in [-0.25, -0.2) is 0 Å². The summed E-state index contributed by atoms with van der Waals surface area (Å²) in [6, 6.07) is 38.4. The van der Waals surface area contributed by atoms with Crippen molar-refractivity contribution in [2.24, 2.45) is 45.7 Å². The molecule has 0 aromatic heterocycles. The Hall–Kier alpha value is -5.59. The minimum absolute atomic E-state index is 0.0806. The third-order valence-corrected chi connectivity index (χ3v) is 28.4. The normalized spacial score (nSPS) is 18.8. The van der Waals surface area contributed by atoms with Crippen LogP contribution in [0.4, 0.5) is 26.3 Å². The van der Waals surface area contributed by atoms with Gasteiger partial charge >= 0.3 is 31.3 Å². The molecule has 2 aliphatic carbocycles. The van der Waals surface area contributed by atoms with E-state index < -0.39 is 83.6 Å². The number of azide groups is 2. The zero-order valence-electron chi connectivity index (χ0n) is 49.4. The van der Waals surface area contributed by atoms with Gasteiger partial charge in [0, 0.05) is 53.9 Å². The molecule has 0 heterocycles. The van der Waals surface area contributed by atoms with Crippen molar-refractivity contribution in [2.45, 2.75) is 154 Å². The summed E-state index contributed by atoms with van der Waals surface area (Å²) in [5.41, 5.74) is 7.68. The van der Waals surface area contributed by atoms with E-state index in [2.05, 4.69) is 70.0 Å². The van der Waals surface area contributed by atoms with Crippen molar-refractivity contribution in [3.63, 3.8) is 0 Å². The lowest BCUT2D eigenvalue weighted by Gasteiger charge is -2.44. The molecule has 4 aromatic rings. The summed E-state index contributed by atoms with van der Waals surface area (Å²) in [6.07, 6.45) is 6.96. The number of halogens is 6. The van der Waals surface area contributed by atoms with E-state index in [0.717, 1.165) is 46.4 Å². The minimum Gasteiger partial charge on any atom is -0.407 e. The van der Waals surface area contributed by atoms with Gasteiger partial charge in [0.15, 0.2) is 0 Å². The predicted molar refractivity (Wildman–Crippen MR) is 322 cm³/mol. The molecule has 0 aliphatic heterocycles. The molecule has 0 unspecified atom stereocenters. The smallest absolute Gasteiger partial charge is 0.407 e. The molecule has 2 aliphatic rings. The fourth-order valence-corrected chi connectivity index (χ4v) is 22.2. The number of nitrogens with zero attached hydrogens (tertiary/aromatic N) is 6. The Labute approximate surface area is 494 Å². The lowest BCUT2D eigenvalue weighted by atomic mass is 9.82. The molecule has 0 saturated heterocycles. The van der Waals surface area contributed by atoms with Crippen molar-refractivity contribution < 1.29 is 60.4 Å². The van der Waals surface area contributed by atoms with E-state index in [9.17, 15) is 54.2 Å². The number of alkyl halides is 6. The van der Waals surface area contributed by atoms with Gasteiger partial charge in [-0.05, 0) is 96.5 Å². The van der Waals surface area contributed by atoms with Crippen LogP contribution in [0.3, 0.4) is 0 Å². The SMILES string of the molecule is CCC(CC)C[C@H](N=[N+]=[N-])[C@@H]1C=C(OS(=O)(=O)C(F)(F)F)C[C@H]1CO[Si](c1ccccc1)(c1ccccc1)C(C)(C)C.CCC(CC)C[C@H](N=[N+]=[N-])[C@@H]1CC(OS(=O)(=O)C(F)(F)F)=C[C@H]1CO[Si](c1ccccc1)(c1ccccc1)C(C)(C)C. The number of hydrogen-bond donors (Lipinski definition) is 0. The Morgan fingerprint density at radius 3 is 1.19 bits per heavy atom. The third-order valence-electron chi connectivity index (χ3n) is 16.4. The Morgan fingerprint density at radius 2 is 0.857 bits per heavy atom. The first-order valence-electron chi connectivity index (χ1n) is 28.4. The van der Waals surface area contributed by atoms with Crippen molar-refractivity contribution in [3.05, 3.63) is 166 Å². The second kappa shape index (κ2) is 29.2. The summed E-state index contributed by atoms with van der Waals surface area (Å²) < 4.78 is 150. The molecule has 14 nitrogen and oxygen atoms in total. The van der Waals surface area contributed by atoms with Gasteiger partial charge in [-0.3, -0.25) is 0 Å². The molecular formula is C60H80F6N6O8S2Si2. The fraction of sp³-hybridized carbons (Fsp3) is 0.533. The van der Waals surface area contributed by atoms with Crippen LogP contribution in [0.25, 0.3) is 20.9 Å². The van der Waals surface area contributed by atoms with Crippen molar-refractivity contribution in [3.8, 4) is 0 Å². The summed E-state index contributed by atoms with van der Waals surface area (Å²) in [5, 5.41) is 11.5. The molecule has 0 spiro atoms. The number of allylic oxidation sites excluding steroid dienone is 2. The average molecular weight is 1250 g/mol. The van der Waals surface area contributed by atoms with Gasteiger partial charge in [-0.1, -0.05) is 226 Å². The van der Waals surface area contributed by atoms with Crippen LogP contribution in [0.1, 0.15) is 121 Å². The molecule has 0 radical (unpaired) electrons. The van der Waals surface area contributed by atoms with Gasteiger partial charge in [0.05, 0.1) is 0 Å². The van der Waals surface area contributed by atoms with E-state index in [1.54, 1.807) is 0 Å². The first kappa shape index (κ1) is 69.2. The molecule has 6 rings (SSSR count). The van der Waals surface area contributed by atoms with Gasteiger partial charge in [0.1, 0.15) is 11.5 Å². The van der Waals surface area contributed by atoms with E-state index >= 15 is 0 Å². The summed E-state index contributed by atoms with van der Waals surface area (Å²) in [4.78, 5) is 6.09. The molecule has 0 fully saturated rings. The summed E-state index contributed by atoms with van der Waals surface area (Å²) in [7, 11) is -17.7. The molecule has 0 saturated carbocycles. The highest BCUT2D eigenvalue weighted by molar-refractivity contribution is 7.88. The first-order valence-corrected chi connectivity index (χ1v) is 35.0. The van der Waals surface area contributed by atoms with Crippen LogP contribution in [-0.4, -0.2) is 69.8 Å². The van der Waals surface area contributed by atoms with E-state index in [4.69, 9.17) is 8.85 Å². The maximum absolute atomic E-state index is 13.2. The summed E-state index contributed by atoms with van der Waals surface area (Å²) in [5.74, 6) is -2.27. The Morgan fingerprint density at radius 1 is 0.524 bits per heavy atom. The lowest BCUT2D eigenvalue weighted by Crippen LogP contribution is -2.67. The van der Waals surface area contributed by atoms with E-state index in [1.165, 1.54) is 12.2 Å². The lowest BCUT2D eigenvalue weighted by molar-refractivity contribution is -0.0528. The van der Waals surface area contributed by atoms with E-state index in [-0.39, 0.29) is 59.5 Å². The maximum atomic E-state index is 13.2. The van der Waals surface area contributed by atoms with E-state index in [0.29, 0.717) is 12.8 Å². The highest BCUT2D eigenvalue weighted by Gasteiger charge is 2.55. The van der Waals surface area contributed by atoms with E-state index in [1.807, 2.05) is 149 Å². The first-order chi connectivity index (χ1) is 39.4. The van der Waals surface area contributed by atoms with Crippen molar-refractivity contribution in [1.29, 1.82) is 0 Å². The van der Waals surface area contributed by atoms with Crippen LogP contribution in [0.2, 0.25) is 10.1 Å². The number of hydrogen-bond acceptors (Lipinski definition) is 10. The Kier molecular flexibility index (Phi) is 24.1. The molecule has 0 N–H and O–H groups in total. The van der Waals surface area contributed by atoms with Crippen LogP contribution in [-0.2, 0) is 37.5 Å². The second-order valence-corrected chi connectivity index (χ2v) is 35.3. The average Bonchev–Trinajstić information content (AvgIpc) is 2.97. The quantitative estimate of drug-likeness (QED) is 0.0112. The number of benzene rings is 4. The zero-order chi connectivity index (χ0) is 62.4. The van der Waals surface area contributed by atoms with Gasteiger partial charge in [-0.15, -0.1) is 0 Å². The fourth-order valence-electron chi connectivity index (χ4n) is 11.9. The Balaban J connectivity index is 0.000000307. The molecule has 4 aromatic carbocycles. The van der Waals surface area contributed by atoms with Crippen LogP contribution >= 0.6 is 0 Å². The van der Waals surface area contributed by atoms with Crippen LogP contribution < -0.4 is 20.7 Å². The largest absolute Gasteiger partial charge is 0.534 e. The van der Waals surface area contributed by atoms with Crippen molar-refractivity contribution in [2.75, 3.05) is 13.2 Å². The highest BCUT2D eigenvalue weighted by atomic mass is 32.2. The van der Waals surface area contributed by atoms with Gasteiger partial charge in [0.2, 0.25) is 0 Å². The Bertz CT molecular complexity index is 3050. The van der Waals surface area contributed by atoms with Crippen LogP contribution in [0.5, 0.6) is 0 Å². The molecule has 0 bridgehead atoms. The predicted octanol–water partition coefficient (Wildman–Crippen LogP) is 14.9. The number of rotatable bonds is 26. The summed E-state index contributed by atoms with van der Waals surface area (Å²) >= 11 is 0.